The van der Waals surface area contributed by atoms with Crippen LogP contribution in [0.1, 0.15) is 18.4 Å². The summed E-state index contributed by atoms with van der Waals surface area (Å²) in [7, 11) is -5.34. The first-order valence-electron chi connectivity index (χ1n) is 9.78. The summed E-state index contributed by atoms with van der Waals surface area (Å²) in [5, 5.41) is 0.636. The number of aromatic nitrogens is 3. The average Bonchev–Trinajstić information content (AvgIpc) is 3.11. The lowest BCUT2D eigenvalue weighted by Gasteiger charge is -2.41. The van der Waals surface area contributed by atoms with E-state index in [-0.39, 0.29) is 23.5 Å². The second-order valence-corrected chi connectivity index (χ2v) is 11.4. The molecule has 1 fully saturated rings. The molecule has 0 amide bonds. The Hall–Kier alpha value is -2.50. The molecule has 31 heavy (non-hydrogen) atoms. The Morgan fingerprint density at radius 2 is 1.77 bits per heavy atom. The lowest BCUT2D eigenvalue weighted by Crippen LogP contribution is -2.44. The summed E-state index contributed by atoms with van der Waals surface area (Å²) in [6, 6.07) is 8.54. The van der Waals surface area contributed by atoms with Gasteiger partial charge in [-0.25, -0.2) is 22.4 Å². The standard InChI is InChI=1S/C20H24N4O5S2/c1-14-4-6-17(7-5-14)31(27,28)24-9-8-18-19(21-13-22-20(18)24)23(2)16-10-15(11-16)12-29-30(3,25)26/h4-9,13,15-16H,10-12H2,1-3H3. The molecule has 1 aliphatic rings. The minimum Gasteiger partial charge on any atom is -0.356 e. The third-order valence-corrected chi connectivity index (χ3v) is 7.86. The molecule has 0 spiro atoms. The van der Waals surface area contributed by atoms with Gasteiger partial charge in [0.15, 0.2) is 5.65 Å². The van der Waals surface area contributed by atoms with E-state index in [0.29, 0.717) is 16.9 Å². The first kappa shape index (κ1) is 21.7. The molecule has 0 aliphatic heterocycles. The molecule has 4 rings (SSSR count). The van der Waals surface area contributed by atoms with Crippen molar-refractivity contribution in [3.63, 3.8) is 0 Å². The first-order chi connectivity index (χ1) is 14.6. The molecule has 0 radical (unpaired) electrons. The maximum Gasteiger partial charge on any atom is 0.269 e. The molecule has 1 aliphatic carbocycles. The van der Waals surface area contributed by atoms with Gasteiger partial charge in [0, 0.05) is 19.3 Å². The quantitative estimate of drug-likeness (QED) is 0.489. The van der Waals surface area contributed by atoms with Gasteiger partial charge < -0.3 is 4.90 Å². The van der Waals surface area contributed by atoms with E-state index in [0.717, 1.165) is 24.7 Å². The maximum absolute atomic E-state index is 13.1. The van der Waals surface area contributed by atoms with E-state index in [2.05, 4.69) is 9.97 Å². The van der Waals surface area contributed by atoms with Crippen LogP contribution in [0.3, 0.4) is 0 Å². The second-order valence-electron chi connectivity index (χ2n) is 7.96. The van der Waals surface area contributed by atoms with Gasteiger partial charge in [-0.1, -0.05) is 17.7 Å². The van der Waals surface area contributed by atoms with Crippen molar-refractivity contribution in [2.75, 3.05) is 24.8 Å². The van der Waals surface area contributed by atoms with Crippen LogP contribution in [0.2, 0.25) is 0 Å². The molecule has 1 saturated carbocycles. The molecule has 0 bridgehead atoms. The van der Waals surface area contributed by atoms with E-state index in [1.807, 2.05) is 18.9 Å². The van der Waals surface area contributed by atoms with Crippen molar-refractivity contribution in [2.24, 2.45) is 5.92 Å². The normalized spacial score (nSPS) is 19.3. The summed E-state index contributed by atoms with van der Waals surface area (Å²) in [4.78, 5) is 10.8. The van der Waals surface area contributed by atoms with Gasteiger partial charge in [-0.2, -0.15) is 8.42 Å². The summed E-state index contributed by atoms with van der Waals surface area (Å²) in [5.41, 5.74) is 1.29. The van der Waals surface area contributed by atoms with Crippen molar-refractivity contribution in [3.05, 3.63) is 48.4 Å². The van der Waals surface area contributed by atoms with Crippen molar-refractivity contribution in [1.82, 2.24) is 13.9 Å². The molecule has 9 nitrogen and oxygen atoms in total. The number of aryl methyl sites for hydroxylation is 1. The molecule has 3 aromatic rings. The van der Waals surface area contributed by atoms with Crippen LogP contribution >= 0.6 is 0 Å². The van der Waals surface area contributed by atoms with E-state index in [1.165, 1.54) is 16.5 Å². The lowest BCUT2D eigenvalue weighted by atomic mass is 9.80. The van der Waals surface area contributed by atoms with Crippen LogP contribution in [0.25, 0.3) is 11.0 Å². The molecule has 1 aromatic carbocycles. The van der Waals surface area contributed by atoms with Gasteiger partial charge in [0.05, 0.1) is 23.1 Å². The third kappa shape index (κ3) is 4.30. The molecule has 2 heterocycles. The van der Waals surface area contributed by atoms with Gasteiger partial charge in [0.25, 0.3) is 20.1 Å². The fraction of sp³-hybridized carbons (Fsp3) is 0.400. The van der Waals surface area contributed by atoms with Crippen LogP contribution in [0, 0.1) is 12.8 Å². The van der Waals surface area contributed by atoms with Crippen LogP contribution in [-0.2, 0) is 24.3 Å². The van der Waals surface area contributed by atoms with Crippen molar-refractivity contribution >= 4 is 37.0 Å². The van der Waals surface area contributed by atoms with E-state index in [9.17, 15) is 16.8 Å². The first-order valence-corrected chi connectivity index (χ1v) is 13.0. The Morgan fingerprint density at radius 1 is 1.10 bits per heavy atom. The molecule has 0 unspecified atom stereocenters. The largest absolute Gasteiger partial charge is 0.356 e. The Balaban J connectivity index is 1.58. The number of anilines is 1. The van der Waals surface area contributed by atoms with Crippen LogP contribution in [0.15, 0.2) is 47.8 Å². The Morgan fingerprint density at radius 3 is 2.42 bits per heavy atom. The van der Waals surface area contributed by atoms with Gasteiger partial charge in [0.2, 0.25) is 0 Å². The van der Waals surface area contributed by atoms with Crippen molar-refractivity contribution < 1.29 is 21.0 Å². The van der Waals surface area contributed by atoms with Gasteiger partial charge in [-0.3, -0.25) is 4.18 Å². The van der Waals surface area contributed by atoms with E-state index < -0.39 is 20.1 Å². The highest BCUT2D eigenvalue weighted by Gasteiger charge is 2.34. The Labute approximate surface area is 181 Å². The zero-order valence-electron chi connectivity index (χ0n) is 17.5. The second kappa shape index (κ2) is 7.88. The molecule has 0 atom stereocenters. The molecule has 166 valence electrons. The van der Waals surface area contributed by atoms with E-state index in [4.69, 9.17) is 4.18 Å². The Kier molecular flexibility index (Phi) is 5.52. The van der Waals surface area contributed by atoms with Gasteiger partial charge in [-0.05, 0) is 43.9 Å². The molecule has 11 heteroatoms. The zero-order valence-corrected chi connectivity index (χ0v) is 19.1. The number of benzene rings is 1. The fourth-order valence-electron chi connectivity index (χ4n) is 3.76. The topological polar surface area (TPSA) is 111 Å². The molecular weight excluding hydrogens is 440 g/mol. The summed E-state index contributed by atoms with van der Waals surface area (Å²) in [5.74, 6) is 0.793. The van der Waals surface area contributed by atoms with Crippen LogP contribution < -0.4 is 4.90 Å². The third-order valence-electron chi connectivity index (χ3n) is 5.62. The number of nitrogens with zero attached hydrogens (tertiary/aromatic N) is 4. The van der Waals surface area contributed by atoms with Crippen LogP contribution in [0.5, 0.6) is 0 Å². The van der Waals surface area contributed by atoms with Crippen molar-refractivity contribution in [3.8, 4) is 0 Å². The Bertz CT molecular complexity index is 1310. The highest BCUT2D eigenvalue weighted by atomic mass is 32.2. The summed E-state index contributed by atoms with van der Waals surface area (Å²) < 4.78 is 54.6. The van der Waals surface area contributed by atoms with Crippen molar-refractivity contribution in [1.29, 1.82) is 0 Å². The number of rotatable bonds is 7. The fourth-order valence-corrected chi connectivity index (χ4v) is 5.50. The van der Waals surface area contributed by atoms with E-state index >= 15 is 0 Å². The SMILES string of the molecule is Cc1ccc(S(=O)(=O)n2ccc3c(N(C)C4CC(COS(C)(=O)=O)C4)ncnc32)cc1. The molecular formula is C20H24N4O5S2. The summed E-state index contributed by atoms with van der Waals surface area (Å²) in [6.45, 7) is 2.07. The van der Waals surface area contributed by atoms with Gasteiger partial charge in [-0.15, -0.1) is 0 Å². The molecule has 2 aromatic heterocycles. The van der Waals surface area contributed by atoms with Crippen LogP contribution in [0.4, 0.5) is 5.82 Å². The highest BCUT2D eigenvalue weighted by Crippen LogP contribution is 2.36. The van der Waals surface area contributed by atoms with Gasteiger partial charge in [0.1, 0.15) is 12.1 Å². The predicted molar refractivity (Wildman–Crippen MR) is 117 cm³/mol. The number of hydrogen-bond donors (Lipinski definition) is 0. The lowest BCUT2D eigenvalue weighted by molar-refractivity contribution is 0.162. The minimum atomic E-state index is -3.79. The zero-order chi connectivity index (χ0) is 22.4. The van der Waals surface area contributed by atoms with E-state index in [1.54, 1.807) is 30.3 Å². The summed E-state index contributed by atoms with van der Waals surface area (Å²) in [6.07, 6.45) is 5.43. The highest BCUT2D eigenvalue weighted by molar-refractivity contribution is 7.90. The molecule has 0 N–H and O–H groups in total. The smallest absolute Gasteiger partial charge is 0.269 e. The monoisotopic (exact) mass is 464 g/mol. The average molecular weight is 465 g/mol. The minimum absolute atomic E-state index is 0.156. The maximum atomic E-state index is 13.1. The molecule has 0 saturated heterocycles. The number of fused-ring (bicyclic) bond motifs is 1. The summed E-state index contributed by atoms with van der Waals surface area (Å²) >= 11 is 0. The van der Waals surface area contributed by atoms with Gasteiger partial charge >= 0.3 is 0 Å². The van der Waals surface area contributed by atoms with Crippen LogP contribution in [-0.4, -0.2) is 56.7 Å². The van der Waals surface area contributed by atoms with Crippen molar-refractivity contribution in [2.45, 2.75) is 30.7 Å². The number of hydrogen-bond acceptors (Lipinski definition) is 8. The predicted octanol–water partition coefficient (Wildman–Crippen LogP) is 2.17.